The molecule has 7 heteroatoms. The van der Waals surface area contributed by atoms with Crippen LogP contribution in [0, 0.1) is 0 Å². The van der Waals surface area contributed by atoms with E-state index in [2.05, 4.69) is 10.1 Å². The Hall–Kier alpha value is -2.44. The molecule has 0 amide bonds. The van der Waals surface area contributed by atoms with E-state index in [1.165, 1.54) is 4.68 Å². The van der Waals surface area contributed by atoms with E-state index < -0.39 is 0 Å². The van der Waals surface area contributed by atoms with Crippen molar-refractivity contribution in [1.82, 2.24) is 14.8 Å². The lowest BCUT2D eigenvalue weighted by Crippen LogP contribution is -1.97. The average Bonchev–Trinajstić information content (AvgIpc) is 2.76. The SMILES string of the molecule is COc1cc(-c2nc(N)n(C)n2)cc(OC)c1OC. The van der Waals surface area contributed by atoms with E-state index in [0.717, 1.165) is 5.56 Å². The number of nitrogens with zero attached hydrogens (tertiary/aromatic N) is 3. The molecule has 0 saturated carbocycles. The molecule has 0 fully saturated rings. The summed E-state index contributed by atoms with van der Waals surface area (Å²) in [7, 11) is 6.39. The molecule has 1 aromatic heterocycles. The first-order valence-corrected chi connectivity index (χ1v) is 5.57. The number of nitrogen functional groups attached to an aromatic ring is 1. The molecule has 0 saturated heterocycles. The van der Waals surface area contributed by atoms with Gasteiger partial charge in [-0.1, -0.05) is 0 Å². The van der Waals surface area contributed by atoms with Crippen molar-refractivity contribution in [3.8, 4) is 28.6 Å². The Morgan fingerprint density at radius 1 is 1.05 bits per heavy atom. The van der Waals surface area contributed by atoms with Crippen molar-refractivity contribution < 1.29 is 14.2 Å². The fraction of sp³-hybridized carbons (Fsp3) is 0.333. The van der Waals surface area contributed by atoms with Crippen LogP contribution in [-0.4, -0.2) is 36.1 Å². The van der Waals surface area contributed by atoms with Crippen LogP contribution in [0.1, 0.15) is 0 Å². The van der Waals surface area contributed by atoms with Crippen LogP contribution in [-0.2, 0) is 7.05 Å². The van der Waals surface area contributed by atoms with Gasteiger partial charge in [0.05, 0.1) is 21.3 Å². The van der Waals surface area contributed by atoms with Crippen LogP contribution in [0.25, 0.3) is 11.4 Å². The number of hydrogen-bond acceptors (Lipinski definition) is 6. The second-order valence-corrected chi connectivity index (χ2v) is 3.83. The van der Waals surface area contributed by atoms with Gasteiger partial charge in [-0.3, -0.25) is 0 Å². The average molecular weight is 264 g/mol. The summed E-state index contributed by atoms with van der Waals surface area (Å²) in [6.07, 6.45) is 0. The number of aryl methyl sites for hydroxylation is 1. The van der Waals surface area contributed by atoms with Crippen LogP contribution in [0.4, 0.5) is 5.95 Å². The van der Waals surface area contributed by atoms with Crippen LogP contribution < -0.4 is 19.9 Å². The predicted octanol–water partition coefficient (Wildman–Crippen LogP) is 1.09. The summed E-state index contributed by atoms with van der Waals surface area (Å²) in [5, 5.41) is 4.22. The Morgan fingerprint density at radius 3 is 2.00 bits per heavy atom. The van der Waals surface area contributed by atoms with E-state index in [1.54, 1.807) is 40.5 Å². The lowest BCUT2D eigenvalue weighted by molar-refractivity contribution is 0.324. The summed E-state index contributed by atoms with van der Waals surface area (Å²) in [5.74, 6) is 2.45. The van der Waals surface area contributed by atoms with Crippen molar-refractivity contribution in [2.75, 3.05) is 27.1 Å². The van der Waals surface area contributed by atoms with E-state index in [9.17, 15) is 0 Å². The molecule has 2 rings (SSSR count). The zero-order valence-electron chi connectivity index (χ0n) is 11.3. The number of ether oxygens (including phenoxy) is 3. The summed E-state index contributed by atoms with van der Waals surface area (Å²) < 4.78 is 17.3. The third-order valence-electron chi connectivity index (χ3n) is 2.72. The standard InChI is InChI=1S/C12H16N4O3/c1-16-12(13)14-11(15-16)7-5-8(17-2)10(19-4)9(6-7)18-3/h5-6H,1-4H3,(H2,13,14,15). The van der Waals surface area contributed by atoms with Gasteiger partial charge < -0.3 is 19.9 Å². The Bertz CT molecular complexity index is 550. The topological polar surface area (TPSA) is 84.4 Å². The molecule has 7 nitrogen and oxygen atoms in total. The number of nitrogens with two attached hydrogens (primary N) is 1. The van der Waals surface area contributed by atoms with Gasteiger partial charge in [0.1, 0.15) is 0 Å². The highest BCUT2D eigenvalue weighted by molar-refractivity contribution is 5.67. The van der Waals surface area contributed by atoms with Gasteiger partial charge in [0.25, 0.3) is 0 Å². The minimum atomic E-state index is 0.337. The molecule has 102 valence electrons. The van der Waals surface area contributed by atoms with E-state index in [0.29, 0.717) is 29.0 Å². The summed E-state index contributed by atoms with van der Waals surface area (Å²) in [4.78, 5) is 4.16. The molecule has 0 aliphatic carbocycles. The Kier molecular flexibility index (Phi) is 3.46. The third-order valence-corrected chi connectivity index (χ3v) is 2.72. The number of anilines is 1. The molecule has 2 aromatic rings. The van der Waals surface area contributed by atoms with Crippen LogP contribution >= 0.6 is 0 Å². The fourth-order valence-electron chi connectivity index (χ4n) is 1.73. The normalized spacial score (nSPS) is 10.3. The fourth-order valence-corrected chi connectivity index (χ4v) is 1.73. The Balaban J connectivity index is 2.58. The quantitative estimate of drug-likeness (QED) is 0.889. The molecule has 0 aliphatic heterocycles. The highest BCUT2D eigenvalue weighted by atomic mass is 16.5. The molecule has 0 unspecified atom stereocenters. The van der Waals surface area contributed by atoms with Crippen molar-refractivity contribution in [2.45, 2.75) is 0 Å². The van der Waals surface area contributed by atoms with Gasteiger partial charge in [0.2, 0.25) is 11.7 Å². The minimum Gasteiger partial charge on any atom is -0.493 e. The van der Waals surface area contributed by atoms with Crippen molar-refractivity contribution in [2.24, 2.45) is 7.05 Å². The smallest absolute Gasteiger partial charge is 0.218 e. The van der Waals surface area contributed by atoms with E-state index in [4.69, 9.17) is 19.9 Å². The highest BCUT2D eigenvalue weighted by Gasteiger charge is 2.16. The first-order chi connectivity index (χ1) is 9.10. The van der Waals surface area contributed by atoms with Crippen molar-refractivity contribution in [3.05, 3.63) is 12.1 Å². The molecular formula is C12H16N4O3. The van der Waals surface area contributed by atoms with Crippen LogP contribution in [0.3, 0.4) is 0 Å². The maximum absolute atomic E-state index is 5.68. The molecule has 1 aromatic carbocycles. The van der Waals surface area contributed by atoms with Gasteiger partial charge in [-0.25, -0.2) is 4.68 Å². The monoisotopic (exact) mass is 264 g/mol. The van der Waals surface area contributed by atoms with E-state index in [-0.39, 0.29) is 0 Å². The maximum Gasteiger partial charge on any atom is 0.218 e. The van der Waals surface area contributed by atoms with E-state index >= 15 is 0 Å². The molecular weight excluding hydrogens is 248 g/mol. The van der Waals surface area contributed by atoms with Gasteiger partial charge in [-0.15, -0.1) is 5.10 Å². The lowest BCUT2D eigenvalue weighted by atomic mass is 10.1. The molecule has 0 aliphatic rings. The summed E-state index contributed by atoms with van der Waals surface area (Å²) in [6, 6.07) is 3.55. The molecule has 0 spiro atoms. The summed E-state index contributed by atoms with van der Waals surface area (Å²) >= 11 is 0. The highest BCUT2D eigenvalue weighted by Crippen LogP contribution is 2.40. The lowest BCUT2D eigenvalue weighted by Gasteiger charge is -2.12. The van der Waals surface area contributed by atoms with Crippen LogP contribution in [0.2, 0.25) is 0 Å². The molecule has 0 radical (unpaired) electrons. The number of methoxy groups -OCH3 is 3. The third kappa shape index (κ3) is 2.26. The molecule has 0 atom stereocenters. The minimum absolute atomic E-state index is 0.337. The Labute approximate surface area is 110 Å². The largest absolute Gasteiger partial charge is 0.493 e. The van der Waals surface area contributed by atoms with Gasteiger partial charge in [0.15, 0.2) is 17.3 Å². The molecule has 2 N–H and O–H groups in total. The second-order valence-electron chi connectivity index (χ2n) is 3.83. The zero-order valence-corrected chi connectivity index (χ0v) is 11.3. The maximum atomic E-state index is 5.68. The molecule has 0 bridgehead atoms. The molecule has 19 heavy (non-hydrogen) atoms. The number of aromatic nitrogens is 3. The number of hydrogen-bond donors (Lipinski definition) is 1. The second kappa shape index (κ2) is 5.05. The summed E-state index contributed by atoms with van der Waals surface area (Å²) in [5.41, 5.74) is 6.42. The molecule has 1 heterocycles. The van der Waals surface area contributed by atoms with Gasteiger partial charge in [0, 0.05) is 12.6 Å². The number of benzene rings is 1. The summed E-state index contributed by atoms with van der Waals surface area (Å²) in [6.45, 7) is 0. The zero-order chi connectivity index (χ0) is 14.0. The first kappa shape index (κ1) is 13.0. The first-order valence-electron chi connectivity index (χ1n) is 5.57. The van der Waals surface area contributed by atoms with Gasteiger partial charge >= 0.3 is 0 Å². The van der Waals surface area contributed by atoms with Crippen molar-refractivity contribution in [3.63, 3.8) is 0 Å². The van der Waals surface area contributed by atoms with Crippen molar-refractivity contribution in [1.29, 1.82) is 0 Å². The number of rotatable bonds is 4. The van der Waals surface area contributed by atoms with Gasteiger partial charge in [-0.05, 0) is 12.1 Å². The van der Waals surface area contributed by atoms with E-state index in [1.807, 2.05) is 0 Å². The predicted molar refractivity (Wildman–Crippen MR) is 70.5 cm³/mol. The van der Waals surface area contributed by atoms with Crippen LogP contribution in [0.5, 0.6) is 17.2 Å². The van der Waals surface area contributed by atoms with Crippen LogP contribution in [0.15, 0.2) is 12.1 Å². The Morgan fingerprint density at radius 2 is 1.63 bits per heavy atom. The van der Waals surface area contributed by atoms with Gasteiger partial charge in [-0.2, -0.15) is 4.98 Å². The van der Waals surface area contributed by atoms with Crippen molar-refractivity contribution >= 4 is 5.95 Å².